The van der Waals surface area contributed by atoms with Gasteiger partial charge in [-0.3, -0.25) is 0 Å². The monoisotopic (exact) mass is 396 g/mol. The molecule has 0 spiro atoms. The molecule has 1 aliphatic heterocycles. The fraction of sp³-hybridized carbons (Fsp3) is 0.455. The summed E-state index contributed by atoms with van der Waals surface area (Å²) in [6, 6.07) is 7.95. The molecule has 1 fully saturated rings. The number of hydrogen-bond donors (Lipinski definition) is 3. The molecular formula is C22H32N6O. The molecule has 1 aliphatic rings. The Hall–Kier alpha value is -2.64. The summed E-state index contributed by atoms with van der Waals surface area (Å²) >= 11 is 0. The summed E-state index contributed by atoms with van der Waals surface area (Å²) in [4.78, 5) is 11.4. The molecule has 0 saturated carbocycles. The lowest BCUT2D eigenvalue weighted by Crippen LogP contribution is -2.30. The Bertz CT molecular complexity index is 825. The Labute approximate surface area is 173 Å². The Kier molecular flexibility index (Phi) is 7.43. The van der Waals surface area contributed by atoms with Crippen LogP contribution in [-0.4, -0.2) is 55.2 Å². The van der Waals surface area contributed by atoms with Crippen LogP contribution >= 0.6 is 0 Å². The molecule has 0 bridgehead atoms. The number of aryl methyl sites for hydroxylation is 1. The summed E-state index contributed by atoms with van der Waals surface area (Å²) < 4.78 is 5.53. The second-order valence-electron chi connectivity index (χ2n) is 7.38. The van der Waals surface area contributed by atoms with Gasteiger partial charge in [-0.1, -0.05) is 6.08 Å². The van der Waals surface area contributed by atoms with Gasteiger partial charge in [0.15, 0.2) is 0 Å². The van der Waals surface area contributed by atoms with E-state index < -0.39 is 0 Å². The molecule has 1 atom stereocenters. The van der Waals surface area contributed by atoms with Crippen molar-refractivity contribution < 1.29 is 4.74 Å². The maximum absolute atomic E-state index is 5.53. The molecule has 2 heterocycles. The number of hydrogen-bond acceptors (Lipinski definition) is 7. The minimum atomic E-state index is 0.573. The van der Waals surface area contributed by atoms with E-state index in [-0.39, 0.29) is 0 Å². The molecule has 29 heavy (non-hydrogen) atoms. The largest absolute Gasteiger partial charge is 0.496 e. The van der Waals surface area contributed by atoms with Crippen LogP contribution in [0.3, 0.4) is 0 Å². The second-order valence-corrected chi connectivity index (χ2v) is 7.38. The first-order chi connectivity index (χ1) is 14.1. The van der Waals surface area contributed by atoms with E-state index in [0.717, 1.165) is 61.2 Å². The Morgan fingerprint density at radius 3 is 2.90 bits per heavy atom. The number of aromatic nitrogens is 2. The quantitative estimate of drug-likeness (QED) is 0.421. The van der Waals surface area contributed by atoms with Gasteiger partial charge in [-0.25, -0.2) is 4.98 Å². The van der Waals surface area contributed by atoms with Gasteiger partial charge >= 0.3 is 0 Å². The van der Waals surface area contributed by atoms with Gasteiger partial charge in [0.05, 0.1) is 7.11 Å². The van der Waals surface area contributed by atoms with Crippen LogP contribution in [0.1, 0.15) is 17.7 Å². The number of benzene rings is 1. The van der Waals surface area contributed by atoms with E-state index in [1.54, 1.807) is 7.11 Å². The third kappa shape index (κ3) is 5.92. The molecule has 2 aromatic rings. The summed E-state index contributed by atoms with van der Waals surface area (Å²) in [6.45, 7) is 10.9. The highest BCUT2D eigenvalue weighted by molar-refractivity contribution is 5.58. The molecule has 0 amide bonds. The van der Waals surface area contributed by atoms with E-state index in [1.807, 2.05) is 32.2 Å². The van der Waals surface area contributed by atoms with Gasteiger partial charge in [-0.15, -0.1) is 6.58 Å². The normalized spacial score (nSPS) is 16.6. The third-order valence-corrected chi connectivity index (χ3v) is 5.21. The first-order valence-electron chi connectivity index (χ1n) is 10.1. The van der Waals surface area contributed by atoms with Crippen molar-refractivity contribution in [3.8, 4) is 5.75 Å². The van der Waals surface area contributed by atoms with Crippen LogP contribution < -0.4 is 20.7 Å². The molecule has 1 unspecified atom stereocenters. The van der Waals surface area contributed by atoms with Crippen LogP contribution in [0, 0.1) is 12.8 Å². The van der Waals surface area contributed by atoms with Crippen molar-refractivity contribution in [2.24, 2.45) is 5.92 Å². The number of methoxy groups -OCH3 is 1. The molecule has 1 saturated heterocycles. The lowest BCUT2D eigenvalue weighted by atomic mass is 10.1. The van der Waals surface area contributed by atoms with Crippen LogP contribution in [0.5, 0.6) is 5.75 Å². The highest BCUT2D eigenvalue weighted by Crippen LogP contribution is 2.24. The van der Waals surface area contributed by atoms with Gasteiger partial charge in [0, 0.05) is 56.2 Å². The van der Waals surface area contributed by atoms with Gasteiger partial charge in [-0.2, -0.15) is 4.98 Å². The van der Waals surface area contributed by atoms with E-state index in [0.29, 0.717) is 11.9 Å². The average molecular weight is 397 g/mol. The minimum absolute atomic E-state index is 0.573. The van der Waals surface area contributed by atoms with Gasteiger partial charge in [-0.05, 0) is 44.0 Å². The van der Waals surface area contributed by atoms with E-state index in [1.165, 1.54) is 6.42 Å². The average Bonchev–Trinajstić information content (AvgIpc) is 3.19. The SMILES string of the molecule is C=CC1CCN(CCNCc2cc(Nc3nc(C)cc(NC)n3)ccc2OC)C1. The smallest absolute Gasteiger partial charge is 0.229 e. The van der Waals surface area contributed by atoms with E-state index in [2.05, 4.69) is 49.5 Å². The van der Waals surface area contributed by atoms with Crippen molar-refractivity contribution in [1.29, 1.82) is 0 Å². The van der Waals surface area contributed by atoms with Crippen LogP contribution in [0.25, 0.3) is 0 Å². The highest BCUT2D eigenvalue weighted by Gasteiger charge is 2.18. The molecule has 3 rings (SSSR count). The van der Waals surface area contributed by atoms with E-state index >= 15 is 0 Å². The van der Waals surface area contributed by atoms with E-state index in [9.17, 15) is 0 Å². The van der Waals surface area contributed by atoms with Gasteiger partial charge in [0.25, 0.3) is 0 Å². The summed E-state index contributed by atoms with van der Waals surface area (Å²) in [5, 5.41) is 9.89. The molecule has 0 aliphatic carbocycles. The number of ether oxygens (including phenoxy) is 1. The van der Waals surface area contributed by atoms with Crippen LogP contribution in [0.4, 0.5) is 17.5 Å². The van der Waals surface area contributed by atoms with Gasteiger partial charge in [0.1, 0.15) is 11.6 Å². The fourth-order valence-electron chi connectivity index (χ4n) is 3.59. The molecule has 7 heteroatoms. The Morgan fingerprint density at radius 2 is 2.17 bits per heavy atom. The minimum Gasteiger partial charge on any atom is -0.496 e. The highest BCUT2D eigenvalue weighted by atomic mass is 16.5. The maximum atomic E-state index is 5.53. The first-order valence-corrected chi connectivity index (χ1v) is 10.1. The van der Waals surface area contributed by atoms with Crippen LogP contribution in [0.15, 0.2) is 36.9 Å². The zero-order chi connectivity index (χ0) is 20.6. The molecule has 1 aromatic carbocycles. The van der Waals surface area contributed by atoms with Crippen molar-refractivity contribution >= 4 is 17.5 Å². The van der Waals surface area contributed by atoms with Crippen LogP contribution in [0.2, 0.25) is 0 Å². The zero-order valence-electron chi connectivity index (χ0n) is 17.7. The lowest BCUT2D eigenvalue weighted by Gasteiger charge is -2.17. The van der Waals surface area contributed by atoms with Crippen LogP contribution in [-0.2, 0) is 6.54 Å². The van der Waals surface area contributed by atoms with Gasteiger partial charge in [0.2, 0.25) is 5.95 Å². The lowest BCUT2D eigenvalue weighted by molar-refractivity contribution is 0.328. The standard InChI is InChI=1S/C22H32N6O/c1-5-17-8-10-28(15-17)11-9-24-14-18-13-19(6-7-20(18)29-4)26-22-25-16(2)12-21(23-3)27-22/h5-7,12-13,17,24H,1,8-11,14-15H2,2-4H3,(H2,23,25,26,27). The molecule has 3 N–H and O–H groups in total. The molecular weight excluding hydrogens is 364 g/mol. The summed E-state index contributed by atoms with van der Waals surface area (Å²) in [5.74, 6) is 2.88. The third-order valence-electron chi connectivity index (χ3n) is 5.21. The van der Waals surface area contributed by atoms with E-state index in [4.69, 9.17) is 4.74 Å². The molecule has 156 valence electrons. The maximum Gasteiger partial charge on any atom is 0.229 e. The summed E-state index contributed by atoms with van der Waals surface area (Å²) in [5.41, 5.74) is 2.94. The zero-order valence-corrected chi connectivity index (χ0v) is 17.7. The molecule has 0 radical (unpaired) electrons. The summed E-state index contributed by atoms with van der Waals surface area (Å²) in [6.07, 6.45) is 3.30. The predicted molar refractivity (Wildman–Crippen MR) is 119 cm³/mol. The number of anilines is 3. The van der Waals surface area contributed by atoms with Crippen molar-refractivity contribution in [2.75, 3.05) is 51.0 Å². The molecule has 1 aromatic heterocycles. The predicted octanol–water partition coefficient (Wildman–Crippen LogP) is 3.18. The number of nitrogens with one attached hydrogen (secondary N) is 3. The fourth-order valence-corrected chi connectivity index (χ4v) is 3.59. The van der Waals surface area contributed by atoms with Crippen molar-refractivity contribution in [2.45, 2.75) is 19.9 Å². The van der Waals surface area contributed by atoms with Gasteiger partial charge < -0.3 is 25.6 Å². The number of nitrogens with zero attached hydrogens (tertiary/aromatic N) is 3. The molecule has 7 nitrogen and oxygen atoms in total. The Balaban J connectivity index is 1.58. The van der Waals surface area contributed by atoms with Crippen molar-refractivity contribution in [1.82, 2.24) is 20.2 Å². The Morgan fingerprint density at radius 1 is 1.31 bits per heavy atom. The summed E-state index contributed by atoms with van der Waals surface area (Å²) in [7, 11) is 3.55. The number of rotatable bonds is 10. The topological polar surface area (TPSA) is 74.3 Å². The van der Waals surface area contributed by atoms with Crippen molar-refractivity contribution in [3.63, 3.8) is 0 Å². The first kappa shape index (κ1) is 21.1. The number of likely N-dealkylation sites (tertiary alicyclic amines) is 1. The second kappa shape index (κ2) is 10.2. The van der Waals surface area contributed by atoms with Crippen molar-refractivity contribution in [3.05, 3.63) is 48.2 Å².